The fourth-order valence-electron chi connectivity index (χ4n) is 1.68. The van der Waals surface area contributed by atoms with E-state index in [4.69, 9.17) is 4.74 Å². The Bertz CT molecular complexity index is 347. The first-order valence-corrected chi connectivity index (χ1v) is 6.48. The summed E-state index contributed by atoms with van der Waals surface area (Å²) in [6.45, 7) is 10.0. The molecule has 0 saturated carbocycles. The lowest BCUT2D eigenvalue weighted by Crippen LogP contribution is -2.10. The van der Waals surface area contributed by atoms with Gasteiger partial charge in [0.15, 0.2) is 0 Å². The van der Waals surface area contributed by atoms with Crippen LogP contribution < -0.4 is 5.32 Å². The molecule has 1 aromatic rings. The predicted molar refractivity (Wildman–Crippen MR) is 71.3 cm³/mol. The second-order valence-electron chi connectivity index (χ2n) is 4.49. The first-order valence-electron chi connectivity index (χ1n) is 6.48. The Morgan fingerprint density at radius 1 is 1.41 bits per heavy atom. The predicted octanol–water partition coefficient (Wildman–Crippen LogP) is 2.87. The van der Waals surface area contributed by atoms with Crippen LogP contribution in [0.25, 0.3) is 0 Å². The van der Waals surface area contributed by atoms with E-state index in [2.05, 4.69) is 31.2 Å². The number of hydrogen-bond donors (Lipinski definition) is 1. The quantitative estimate of drug-likeness (QED) is 0.795. The van der Waals surface area contributed by atoms with E-state index in [1.54, 1.807) is 0 Å². The monoisotopic (exact) mass is 239 g/mol. The zero-order valence-corrected chi connectivity index (χ0v) is 11.7. The summed E-state index contributed by atoms with van der Waals surface area (Å²) < 4.78 is 7.70. The number of hydrogen-bond acceptors (Lipinski definition) is 3. The average Bonchev–Trinajstić information content (AvgIpc) is 2.58. The van der Waals surface area contributed by atoms with Crippen LogP contribution in [0, 0.1) is 6.92 Å². The molecule has 1 aromatic heterocycles. The maximum Gasteiger partial charge on any atom is 0.129 e. The van der Waals surface area contributed by atoms with E-state index < -0.39 is 0 Å². The summed E-state index contributed by atoms with van der Waals surface area (Å²) in [5.74, 6) is 1.09. The van der Waals surface area contributed by atoms with Gasteiger partial charge in [-0.2, -0.15) is 5.10 Å². The standard InChI is InChI=1S/C13H25N3O/c1-6-8-14-13-12(9-17-10(3)7-2)11(4)15-16(13)5/h10,14H,6-9H2,1-5H3. The topological polar surface area (TPSA) is 39.1 Å². The molecule has 0 saturated heterocycles. The van der Waals surface area contributed by atoms with Crippen molar-refractivity contribution in [2.45, 2.75) is 53.2 Å². The molecule has 0 spiro atoms. The van der Waals surface area contributed by atoms with Crippen molar-refractivity contribution in [1.82, 2.24) is 9.78 Å². The van der Waals surface area contributed by atoms with Gasteiger partial charge in [0.05, 0.1) is 18.4 Å². The van der Waals surface area contributed by atoms with Gasteiger partial charge in [0.25, 0.3) is 0 Å². The minimum absolute atomic E-state index is 0.300. The van der Waals surface area contributed by atoms with E-state index in [9.17, 15) is 0 Å². The third-order valence-electron chi connectivity index (χ3n) is 2.98. The largest absolute Gasteiger partial charge is 0.374 e. The number of nitrogens with zero attached hydrogens (tertiary/aromatic N) is 2. The highest BCUT2D eigenvalue weighted by Crippen LogP contribution is 2.20. The molecule has 4 nitrogen and oxygen atoms in total. The number of ether oxygens (including phenoxy) is 1. The number of nitrogens with one attached hydrogen (secondary N) is 1. The molecule has 0 radical (unpaired) electrons. The lowest BCUT2D eigenvalue weighted by Gasteiger charge is -2.12. The molecular weight excluding hydrogens is 214 g/mol. The minimum atomic E-state index is 0.300. The normalized spacial score (nSPS) is 12.8. The van der Waals surface area contributed by atoms with Crippen molar-refractivity contribution < 1.29 is 4.74 Å². The molecule has 1 heterocycles. The van der Waals surface area contributed by atoms with Gasteiger partial charge in [-0.1, -0.05) is 13.8 Å². The summed E-state index contributed by atoms with van der Waals surface area (Å²) in [4.78, 5) is 0. The van der Waals surface area contributed by atoms with Crippen LogP contribution in [0.5, 0.6) is 0 Å². The molecule has 0 aliphatic carbocycles. The fraction of sp³-hybridized carbons (Fsp3) is 0.769. The number of anilines is 1. The van der Waals surface area contributed by atoms with Crippen LogP contribution >= 0.6 is 0 Å². The Balaban J connectivity index is 2.74. The van der Waals surface area contributed by atoms with Gasteiger partial charge in [0.2, 0.25) is 0 Å². The molecule has 1 unspecified atom stereocenters. The van der Waals surface area contributed by atoms with Crippen LogP contribution in [-0.4, -0.2) is 22.4 Å². The third-order valence-corrected chi connectivity index (χ3v) is 2.98. The van der Waals surface area contributed by atoms with Crippen molar-refractivity contribution in [3.8, 4) is 0 Å². The fourth-order valence-corrected chi connectivity index (χ4v) is 1.68. The zero-order valence-electron chi connectivity index (χ0n) is 11.7. The number of rotatable bonds is 7. The first-order chi connectivity index (χ1) is 8.10. The summed E-state index contributed by atoms with van der Waals surface area (Å²) in [5, 5.41) is 7.86. The Morgan fingerprint density at radius 2 is 2.12 bits per heavy atom. The zero-order chi connectivity index (χ0) is 12.8. The van der Waals surface area contributed by atoms with Crippen molar-refractivity contribution in [3.63, 3.8) is 0 Å². The minimum Gasteiger partial charge on any atom is -0.374 e. The first kappa shape index (κ1) is 14.0. The molecule has 0 fully saturated rings. The summed E-state index contributed by atoms with van der Waals surface area (Å²) >= 11 is 0. The van der Waals surface area contributed by atoms with E-state index in [0.29, 0.717) is 12.7 Å². The molecular formula is C13H25N3O. The molecule has 0 bridgehead atoms. The van der Waals surface area contributed by atoms with E-state index in [1.807, 2.05) is 18.7 Å². The van der Waals surface area contributed by atoms with Crippen molar-refractivity contribution in [3.05, 3.63) is 11.3 Å². The highest BCUT2D eigenvalue weighted by atomic mass is 16.5. The van der Waals surface area contributed by atoms with Gasteiger partial charge in [-0.05, 0) is 26.7 Å². The molecule has 0 amide bonds. The molecule has 17 heavy (non-hydrogen) atoms. The van der Waals surface area contributed by atoms with Gasteiger partial charge < -0.3 is 10.1 Å². The van der Waals surface area contributed by atoms with Gasteiger partial charge in [-0.25, -0.2) is 0 Å². The Labute approximate surface area is 104 Å². The van der Waals surface area contributed by atoms with Crippen molar-refractivity contribution in [1.29, 1.82) is 0 Å². The van der Waals surface area contributed by atoms with Crippen LogP contribution in [0.15, 0.2) is 0 Å². The molecule has 4 heteroatoms. The highest BCUT2D eigenvalue weighted by Gasteiger charge is 2.13. The SMILES string of the molecule is CCCNc1c(COC(C)CC)c(C)nn1C. The van der Waals surface area contributed by atoms with E-state index in [0.717, 1.165) is 30.9 Å². The van der Waals surface area contributed by atoms with Gasteiger partial charge in [0, 0.05) is 19.2 Å². The second-order valence-corrected chi connectivity index (χ2v) is 4.49. The molecule has 0 aliphatic heterocycles. The Hall–Kier alpha value is -1.03. The van der Waals surface area contributed by atoms with Crippen LogP contribution in [-0.2, 0) is 18.4 Å². The van der Waals surface area contributed by atoms with Crippen LogP contribution in [0.3, 0.4) is 0 Å². The summed E-state index contributed by atoms with van der Waals surface area (Å²) in [5.41, 5.74) is 2.23. The van der Waals surface area contributed by atoms with Crippen molar-refractivity contribution in [2.24, 2.45) is 7.05 Å². The van der Waals surface area contributed by atoms with Gasteiger partial charge in [-0.15, -0.1) is 0 Å². The molecule has 0 aromatic carbocycles. The highest BCUT2D eigenvalue weighted by molar-refractivity contribution is 5.47. The summed E-state index contributed by atoms with van der Waals surface area (Å²) in [6.07, 6.45) is 2.45. The van der Waals surface area contributed by atoms with Gasteiger partial charge in [0.1, 0.15) is 5.82 Å². The van der Waals surface area contributed by atoms with Crippen LogP contribution in [0.2, 0.25) is 0 Å². The summed E-state index contributed by atoms with van der Waals surface area (Å²) in [6, 6.07) is 0. The molecule has 1 N–H and O–H groups in total. The lowest BCUT2D eigenvalue weighted by molar-refractivity contribution is 0.0508. The molecule has 1 atom stereocenters. The van der Waals surface area contributed by atoms with Crippen LogP contribution in [0.1, 0.15) is 44.9 Å². The Kier molecular flexibility index (Phi) is 5.48. The van der Waals surface area contributed by atoms with Crippen molar-refractivity contribution in [2.75, 3.05) is 11.9 Å². The maximum absolute atomic E-state index is 5.80. The van der Waals surface area contributed by atoms with Crippen LogP contribution in [0.4, 0.5) is 5.82 Å². The van der Waals surface area contributed by atoms with E-state index in [-0.39, 0.29) is 0 Å². The van der Waals surface area contributed by atoms with E-state index >= 15 is 0 Å². The summed E-state index contributed by atoms with van der Waals surface area (Å²) in [7, 11) is 1.97. The molecule has 0 aliphatic rings. The van der Waals surface area contributed by atoms with Crippen molar-refractivity contribution >= 4 is 5.82 Å². The van der Waals surface area contributed by atoms with E-state index in [1.165, 1.54) is 5.56 Å². The smallest absolute Gasteiger partial charge is 0.129 e. The Morgan fingerprint density at radius 3 is 2.71 bits per heavy atom. The third kappa shape index (κ3) is 3.73. The number of aryl methyl sites for hydroxylation is 2. The lowest BCUT2D eigenvalue weighted by atomic mass is 10.2. The van der Waals surface area contributed by atoms with Gasteiger partial charge >= 0.3 is 0 Å². The molecule has 1 rings (SSSR count). The maximum atomic E-state index is 5.80. The number of aromatic nitrogens is 2. The van der Waals surface area contributed by atoms with Gasteiger partial charge in [-0.3, -0.25) is 4.68 Å². The second kappa shape index (κ2) is 6.64. The average molecular weight is 239 g/mol. The molecule has 98 valence electrons.